The van der Waals surface area contributed by atoms with Crippen LogP contribution in [-0.2, 0) is 6.61 Å². The summed E-state index contributed by atoms with van der Waals surface area (Å²) in [4.78, 5) is 36.6. The first-order valence-corrected chi connectivity index (χ1v) is 11.8. The molecule has 8 nitrogen and oxygen atoms in total. The molecule has 1 aromatic heterocycles. The number of carbonyl (C=O) groups excluding carboxylic acids is 2. The first-order valence-electron chi connectivity index (χ1n) is 10.9. The fourth-order valence-corrected chi connectivity index (χ4v) is 4.18. The van der Waals surface area contributed by atoms with Crippen LogP contribution < -0.4 is 10.1 Å². The van der Waals surface area contributed by atoms with Crippen molar-refractivity contribution in [1.82, 2.24) is 0 Å². The van der Waals surface area contributed by atoms with Gasteiger partial charge >= 0.3 is 0 Å². The van der Waals surface area contributed by atoms with Gasteiger partial charge in [0.2, 0.25) is 0 Å². The van der Waals surface area contributed by atoms with Gasteiger partial charge in [0.25, 0.3) is 11.6 Å². The number of nitrogens with zero attached hydrogens (tertiary/aromatic N) is 1. The number of rotatable bonds is 9. The summed E-state index contributed by atoms with van der Waals surface area (Å²) in [6.07, 6.45) is 0. The SMILES string of the molecule is CC(=O)c1ccc(OCc2ccc(C(=O)Nc3cc(Sc4ccc(C)cc4)cc([N+](=O)[O-])c3)o2)cc1. The van der Waals surface area contributed by atoms with Crippen LogP contribution in [0.2, 0.25) is 0 Å². The number of furan rings is 1. The lowest BCUT2D eigenvalue weighted by Crippen LogP contribution is -2.11. The van der Waals surface area contributed by atoms with Gasteiger partial charge in [0.05, 0.1) is 4.92 Å². The number of aryl methyl sites for hydroxylation is 1. The number of non-ortho nitro benzene ring substituents is 1. The zero-order valence-corrected chi connectivity index (χ0v) is 20.3. The van der Waals surface area contributed by atoms with Gasteiger partial charge in [-0.15, -0.1) is 0 Å². The number of nitro groups is 1. The molecule has 0 spiro atoms. The molecule has 182 valence electrons. The normalized spacial score (nSPS) is 10.6. The van der Waals surface area contributed by atoms with Crippen LogP contribution >= 0.6 is 11.8 Å². The molecule has 0 atom stereocenters. The maximum atomic E-state index is 12.7. The van der Waals surface area contributed by atoms with E-state index in [0.717, 1.165) is 10.5 Å². The molecule has 0 aliphatic carbocycles. The van der Waals surface area contributed by atoms with E-state index in [1.165, 1.54) is 36.9 Å². The maximum absolute atomic E-state index is 12.7. The number of hydrogen-bond donors (Lipinski definition) is 1. The van der Waals surface area contributed by atoms with Gasteiger partial charge in [-0.2, -0.15) is 0 Å². The Kier molecular flexibility index (Phi) is 7.50. The van der Waals surface area contributed by atoms with Crippen LogP contribution in [0.15, 0.2) is 93.1 Å². The van der Waals surface area contributed by atoms with E-state index >= 15 is 0 Å². The highest BCUT2D eigenvalue weighted by Crippen LogP contribution is 2.33. The zero-order valence-electron chi connectivity index (χ0n) is 19.5. The fraction of sp³-hybridized carbons (Fsp3) is 0.111. The molecule has 0 fully saturated rings. The van der Waals surface area contributed by atoms with Crippen LogP contribution in [0.25, 0.3) is 0 Å². The van der Waals surface area contributed by atoms with Crippen LogP contribution in [0.1, 0.15) is 39.2 Å². The monoisotopic (exact) mass is 502 g/mol. The van der Waals surface area contributed by atoms with E-state index < -0.39 is 10.8 Å². The van der Waals surface area contributed by atoms with E-state index in [9.17, 15) is 19.7 Å². The number of Topliss-reactive ketones (excluding diaryl/α,β-unsaturated/α-hetero) is 1. The maximum Gasteiger partial charge on any atom is 0.291 e. The highest BCUT2D eigenvalue weighted by Gasteiger charge is 2.16. The minimum Gasteiger partial charge on any atom is -0.486 e. The van der Waals surface area contributed by atoms with Gasteiger partial charge in [-0.25, -0.2) is 0 Å². The third-order valence-corrected chi connectivity index (χ3v) is 6.12. The number of ether oxygens (including phenoxy) is 1. The number of carbonyl (C=O) groups is 2. The van der Waals surface area contributed by atoms with Crippen LogP contribution in [-0.4, -0.2) is 16.6 Å². The second-order valence-electron chi connectivity index (χ2n) is 7.98. The van der Waals surface area contributed by atoms with Crippen molar-refractivity contribution in [2.24, 2.45) is 0 Å². The Balaban J connectivity index is 1.43. The average molecular weight is 503 g/mol. The molecule has 0 aliphatic rings. The standard InChI is InChI=1S/C27H22N2O6S/c1-17-3-10-24(11-4-17)36-25-14-20(13-21(15-25)29(32)33)28-27(31)26-12-9-23(35-26)16-34-22-7-5-19(6-8-22)18(2)30/h3-15H,16H2,1-2H3,(H,28,31). The molecule has 36 heavy (non-hydrogen) atoms. The highest BCUT2D eigenvalue weighted by atomic mass is 32.2. The molecule has 0 unspecified atom stereocenters. The lowest BCUT2D eigenvalue weighted by atomic mass is 10.1. The summed E-state index contributed by atoms with van der Waals surface area (Å²) in [7, 11) is 0. The molecule has 0 radical (unpaired) electrons. The number of benzene rings is 3. The molecular weight excluding hydrogens is 480 g/mol. The number of nitro benzene ring substituents is 1. The van der Waals surface area contributed by atoms with Crippen molar-refractivity contribution in [3.05, 3.63) is 112 Å². The molecule has 0 aliphatic heterocycles. The summed E-state index contributed by atoms with van der Waals surface area (Å²) in [5.74, 6) is 0.439. The fourth-order valence-electron chi connectivity index (χ4n) is 3.27. The molecule has 3 aromatic carbocycles. The number of ketones is 1. The van der Waals surface area contributed by atoms with Gasteiger partial charge in [0.15, 0.2) is 11.5 Å². The van der Waals surface area contributed by atoms with Crippen LogP contribution in [0.5, 0.6) is 5.75 Å². The lowest BCUT2D eigenvalue weighted by molar-refractivity contribution is -0.385. The van der Waals surface area contributed by atoms with E-state index in [2.05, 4.69) is 5.32 Å². The molecular formula is C27H22N2O6S. The third-order valence-electron chi connectivity index (χ3n) is 5.14. The van der Waals surface area contributed by atoms with Crippen molar-refractivity contribution >= 4 is 34.8 Å². The van der Waals surface area contributed by atoms with Crippen molar-refractivity contribution in [2.75, 3.05) is 5.32 Å². The van der Waals surface area contributed by atoms with Gasteiger partial charge in [-0.05, 0) is 68.4 Å². The lowest BCUT2D eigenvalue weighted by Gasteiger charge is -2.08. The molecule has 0 bridgehead atoms. The van der Waals surface area contributed by atoms with E-state index in [1.54, 1.807) is 36.4 Å². The van der Waals surface area contributed by atoms with Gasteiger partial charge in [-0.1, -0.05) is 29.5 Å². The van der Waals surface area contributed by atoms with E-state index in [-0.39, 0.29) is 29.5 Å². The summed E-state index contributed by atoms with van der Waals surface area (Å²) in [6.45, 7) is 3.55. The summed E-state index contributed by atoms with van der Waals surface area (Å²) >= 11 is 1.36. The van der Waals surface area contributed by atoms with Crippen LogP contribution in [0.3, 0.4) is 0 Å². The largest absolute Gasteiger partial charge is 0.486 e. The van der Waals surface area contributed by atoms with Crippen molar-refractivity contribution in [2.45, 2.75) is 30.2 Å². The zero-order chi connectivity index (χ0) is 25.7. The van der Waals surface area contributed by atoms with Gasteiger partial charge in [-0.3, -0.25) is 19.7 Å². The van der Waals surface area contributed by atoms with E-state index in [1.807, 2.05) is 31.2 Å². The van der Waals surface area contributed by atoms with E-state index in [0.29, 0.717) is 22.0 Å². The molecule has 1 heterocycles. The minimum atomic E-state index is -0.543. The van der Waals surface area contributed by atoms with Gasteiger partial charge in [0.1, 0.15) is 18.1 Å². The molecule has 0 saturated heterocycles. The second-order valence-corrected chi connectivity index (χ2v) is 9.12. The third kappa shape index (κ3) is 6.39. The molecule has 9 heteroatoms. The molecule has 4 aromatic rings. The molecule has 0 saturated carbocycles. The summed E-state index contributed by atoms with van der Waals surface area (Å²) < 4.78 is 11.2. The Morgan fingerprint density at radius 1 is 0.972 bits per heavy atom. The predicted molar refractivity (Wildman–Crippen MR) is 136 cm³/mol. The Morgan fingerprint density at radius 3 is 2.36 bits per heavy atom. The summed E-state index contributed by atoms with van der Waals surface area (Å²) in [5, 5.41) is 14.1. The van der Waals surface area contributed by atoms with Crippen LogP contribution in [0.4, 0.5) is 11.4 Å². The van der Waals surface area contributed by atoms with Crippen molar-refractivity contribution in [1.29, 1.82) is 0 Å². The number of hydrogen-bond acceptors (Lipinski definition) is 7. The molecule has 1 N–H and O–H groups in total. The topological polar surface area (TPSA) is 112 Å². The van der Waals surface area contributed by atoms with Gasteiger partial charge in [0, 0.05) is 33.2 Å². The number of nitrogens with one attached hydrogen (secondary N) is 1. The van der Waals surface area contributed by atoms with Crippen molar-refractivity contribution in [3.63, 3.8) is 0 Å². The second kappa shape index (κ2) is 10.9. The highest BCUT2D eigenvalue weighted by molar-refractivity contribution is 7.99. The Bertz CT molecular complexity index is 1410. The first-order chi connectivity index (χ1) is 17.3. The van der Waals surface area contributed by atoms with Crippen LogP contribution in [0, 0.1) is 17.0 Å². The van der Waals surface area contributed by atoms with Crippen molar-refractivity contribution < 1.29 is 23.7 Å². The Morgan fingerprint density at radius 2 is 1.69 bits per heavy atom. The average Bonchev–Trinajstić information content (AvgIpc) is 3.33. The smallest absolute Gasteiger partial charge is 0.291 e. The summed E-state index contributed by atoms with van der Waals surface area (Å²) in [5.41, 5.74) is 1.84. The van der Waals surface area contributed by atoms with E-state index in [4.69, 9.17) is 9.15 Å². The number of amides is 1. The predicted octanol–water partition coefficient (Wildman–Crippen LogP) is 6.68. The Labute approximate surface area is 211 Å². The summed E-state index contributed by atoms with van der Waals surface area (Å²) in [6, 6.07) is 22.0. The Hall–Kier alpha value is -4.37. The molecule has 4 rings (SSSR count). The van der Waals surface area contributed by atoms with Crippen molar-refractivity contribution in [3.8, 4) is 5.75 Å². The number of anilines is 1. The quantitative estimate of drug-likeness (QED) is 0.154. The minimum absolute atomic E-state index is 0.0344. The van der Waals surface area contributed by atoms with Gasteiger partial charge < -0.3 is 14.5 Å². The molecule has 1 amide bonds. The first kappa shape index (κ1) is 24.7.